The SMILES string of the molecule is Cc1cc(OCCC2CCS(=O)(=O)CC2)ccc1-c1ccc(CC(=O)NCc2ccccc2)nc1. The predicted molar refractivity (Wildman–Crippen MR) is 138 cm³/mol. The van der Waals surface area contributed by atoms with Gasteiger partial charge >= 0.3 is 0 Å². The van der Waals surface area contributed by atoms with Crippen molar-refractivity contribution in [1.82, 2.24) is 10.3 Å². The number of sulfone groups is 1. The van der Waals surface area contributed by atoms with Crippen molar-refractivity contribution in [3.63, 3.8) is 0 Å². The third-order valence-electron chi connectivity index (χ3n) is 6.48. The number of aryl methyl sites for hydroxylation is 1. The number of amides is 1. The molecule has 0 spiro atoms. The van der Waals surface area contributed by atoms with Crippen LogP contribution in [0.4, 0.5) is 0 Å². The molecule has 1 saturated heterocycles. The maximum atomic E-state index is 12.3. The normalized spacial score (nSPS) is 15.5. The van der Waals surface area contributed by atoms with Gasteiger partial charge in [0.1, 0.15) is 15.6 Å². The van der Waals surface area contributed by atoms with Crippen molar-refractivity contribution in [2.75, 3.05) is 18.1 Å². The van der Waals surface area contributed by atoms with Crippen LogP contribution in [-0.2, 0) is 27.6 Å². The highest BCUT2D eigenvalue weighted by Crippen LogP contribution is 2.27. The summed E-state index contributed by atoms with van der Waals surface area (Å²) in [6.07, 6.45) is 4.40. The molecule has 35 heavy (non-hydrogen) atoms. The molecule has 0 radical (unpaired) electrons. The lowest BCUT2D eigenvalue weighted by Crippen LogP contribution is -2.24. The number of pyridine rings is 1. The minimum atomic E-state index is -2.82. The molecule has 1 N–H and O–H groups in total. The maximum absolute atomic E-state index is 12.3. The second-order valence-corrected chi connectivity index (χ2v) is 11.5. The van der Waals surface area contributed by atoms with E-state index in [1.165, 1.54) is 0 Å². The Bertz CT molecular complexity index is 1230. The Hall–Kier alpha value is -3.19. The summed E-state index contributed by atoms with van der Waals surface area (Å²) < 4.78 is 29.1. The molecular formula is C28H32N2O4S. The zero-order valence-corrected chi connectivity index (χ0v) is 20.9. The third kappa shape index (κ3) is 7.39. The first-order valence-electron chi connectivity index (χ1n) is 12.1. The summed E-state index contributed by atoms with van der Waals surface area (Å²) in [5, 5.41) is 2.93. The van der Waals surface area contributed by atoms with Crippen LogP contribution in [0.15, 0.2) is 66.9 Å². The quantitative estimate of drug-likeness (QED) is 0.475. The molecule has 1 fully saturated rings. The number of benzene rings is 2. The van der Waals surface area contributed by atoms with E-state index in [0.29, 0.717) is 30.6 Å². The van der Waals surface area contributed by atoms with E-state index in [1.54, 1.807) is 6.20 Å². The lowest BCUT2D eigenvalue weighted by molar-refractivity contribution is -0.120. The van der Waals surface area contributed by atoms with Crippen LogP contribution in [0.1, 0.15) is 36.1 Å². The Morgan fingerprint density at radius 3 is 2.51 bits per heavy atom. The Morgan fingerprint density at radius 2 is 1.83 bits per heavy atom. The first-order chi connectivity index (χ1) is 16.9. The minimum absolute atomic E-state index is 0.0540. The highest BCUT2D eigenvalue weighted by molar-refractivity contribution is 7.91. The van der Waals surface area contributed by atoms with E-state index >= 15 is 0 Å². The first-order valence-corrected chi connectivity index (χ1v) is 13.9. The average molecular weight is 493 g/mol. The molecule has 1 amide bonds. The van der Waals surface area contributed by atoms with Crippen LogP contribution in [-0.4, -0.2) is 37.4 Å². The van der Waals surface area contributed by atoms with Crippen LogP contribution < -0.4 is 10.1 Å². The number of ether oxygens (including phenoxy) is 1. The summed E-state index contributed by atoms with van der Waals surface area (Å²) in [5.74, 6) is 1.78. The number of hydrogen-bond donors (Lipinski definition) is 1. The summed E-state index contributed by atoms with van der Waals surface area (Å²) in [4.78, 5) is 16.7. The van der Waals surface area contributed by atoms with E-state index in [1.807, 2.05) is 67.6 Å². The van der Waals surface area contributed by atoms with Gasteiger partial charge in [0, 0.05) is 24.0 Å². The van der Waals surface area contributed by atoms with E-state index in [4.69, 9.17) is 4.74 Å². The fraction of sp³-hybridized carbons (Fsp3) is 0.357. The van der Waals surface area contributed by atoms with Gasteiger partial charge in [0.15, 0.2) is 0 Å². The largest absolute Gasteiger partial charge is 0.494 e. The number of nitrogens with one attached hydrogen (secondary N) is 1. The summed E-state index contributed by atoms with van der Waals surface area (Å²) in [6.45, 7) is 3.14. The van der Waals surface area contributed by atoms with Crippen molar-refractivity contribution in [1.29, 1.82) is 0 Å². The smallest absolute Gasteiger partial charge is 0.226 e. The molecule has 2 heterocycles. The number of aromatic nitrogens is 1. The molecule has 1 aliphatic rings. The molecular weight excluding hydrogens is 460 g/mol. The predicted octanol–water partition coefficient (Wildman–Crippen LogP) is 4.51. The van der Waals surface area contributed by atoms with Crippen LogP contribution in [0.2, 0.25) is 0 Å². The minimum Gasteiger partial charge on any atom is -0.494 e. The summed E-state index contributed by atoms with van der Waals surface area (Å²) >= 11 is 0. The summed E-state index contributed by atoms with van der Waals surface area (Å²) in [7, 11) is -2.82. The fourth-order valence-corrected chi connectivity index (χ4v) is 5.92. The Kier molecular flexibility index (Phi) is 8.18. The van der Waals surface area contributed by atoms with Crippen molar-refractivity contribution in [3.05, 3.63) is 83.7 Å². The monoisotopic (exact) mass is 492 g/mol. The van der Waals surface area contributed by atoms with Crippen molar-refractivity contribution in [2.24, 2.45) is 5.92 Å². The van der Waals surface area contributed by atoms with Crippen LogP contribution in [0.5, 0.6) is 5.75 Å². The van der Waals surface area contributed by atoms with E-state index in [2.05, 4.69) is 10.3 Å². The van der Waals surface area contributed by atoms with Crippen LogP contribution in [0, 0.1) is 12.8 Å². The van der Waals surface area contributed by atoms with Gasteiger partial charge < -0.3 is 10.1 Å². The number of nitrogens with zero attached hydrogens (tertiary/aromatic N) is 1. The van der Waals surface area contributed by atoms with Gasteiger partial charge in [0.05, 0.1) is 24.5 Å². The highest BCUT2D eigenvalue weighted by atomic mass is 32.2. The zero-order chi connectivity index (χ0) is 24.7. The molecule has 0 saturated carbocycles. The lowest BCUT2D eigenvalue weighted by Gasteiger charge is -2.21. The van der Waals surface area contributed by atoms with Gasteiger partial charge in [-0.2, -0.15) is 0 Å². The van der Waals surface area contributed by atoms with Gasteiger partial charge in [0.25, 0.3) is 0 Å². The molecule has 0 atom stereocenters. The molecule has 1 aromatic heterocycles. The van der Waals surface area contributed by atoms with Crippen molar-refractivity contribution >= 4 is 15.7 Å². The van der Waals surface area contributed by atoms with E-state index in [-0.39, 0.29) is 12.3 Å². The van der Waals surface area contributed by atoms with Crippen molar-refractivity contribution in [2.45, 2.75) is 39.2 Å². The maximum Gasteiger partial charge on any atom is 0.226 e. The third-order valence-corrected chi connectivity index (χ3v) is 8.19. The molecule has 0 aliphatic carbocycles. The first kappa shape index (κ1) is 24.9. The van der Waals surface area contributed by atoms with Crippen molar-refractivity contribution < 1.29 is 17.9 Å². The molecule has 6 nitrogen and oxygen atoms in total. The lowest BCUT2D eigenvalue weighted by atomic mass is 9.99. The number of rotatable bonds is 9. The second-order valence-electron chi connectivity index (χ2n) is 9.19. The number of carbonyl (C=O) groups is 1. The van der Waals surface area contributed by atoms with Gasteiger partial charge in [-0.05, 0) is 67.0 Å². The van der Waals surface area contributed by atoms with E-state index in [9.17, 15) is 13.2 Å². The molecule has 3 aromatic rings. The standard InChI is InChI=1S/C28H32N2O4S/c1-21-17-26(34-14-11-22-12-15-35(32,33)16-13-22)9-10-27(21)24-7-8-25(29-20-24)18-28(31)30-19-23-5-3-2-4-6-23/h2-10,17,20,22H,11-16,18-19H2,1H3,(H,30,31). The zero-order valence-electron chi connectivity index (χ0n) is 20.1. The number of hydrogen-bond acceptors (Lipinski definition) is 5. The van der Waals surface area contributed by atoms with Crippen LogP contribution in [0.25, 0.3) is 11.1 Å². The van der Waals surface area contributed by atoms with E-state index < -0.39 is 9.84 Å². The Morgan fingerprint density at radius 1 is 1.06 bits per heavy atom. The molecule has 184 valence electrons. The fourth-order valence-electron chi connectivity index (χ4n) is 4.33. The van der Waals surface area contributed by atoms with Gasteiger partial charge in [-0.3, -0.25) is 9.78 Å². The molecule has 0 unspecified atom stereocenters. The van der Waals surface area contributed by atoms with Crippen LogP contribution >= 0.6 is 0 Å². The van der Waals surface area contributed by atoms with Crippen molar-refractivity contribution in [3.8, 4) is 16.9 Å². The molecule has 1 aliphatic heterocycles. The molecule has 4 rings (SSSR count). The van der Waals surface area contributed by atoms with Gasteiger partial charge in [-0.15, -0.1) is 0 Å². The summed E-state index contributed by atoms with van der Waals surface area (Å²) in [6, 6.07) is 19.7. The Balaban J connectivity index is 1.26. The summed E-state index contributed by atoms with van der Waals surface area (Å²) in [5.41, 5.74) is 4.94. The second kappa shape index (κ2) is 11.5. The van der Waals surface area contributed by atoms with Gasteiger partial charge in [-0.1, -0.05) is 42.5 Å². The van der Waals surface area contributed by atoms with Gasteiger partial charge in [-0.25, -0.2) is 8.42 Å². The average Bonchev–Trinajstić information content (AvgIpc) is 2.85. The topological polar surface area (TPSA) is 85.4 Å². The van der Waals surface area contributed by atoms with Crippen LogP contribution in [0.3, 0.4) is 0 Å². The number of carbonyl (C=O) groups excluding carboxylic acids is 1. The van der Waals surface area contributed by atoms with Gasteiger partial charge in [0.2, 0.25) is 5.91 Å². The van der Waals surface area contributed by atoms with E-state index in [0.717, 1.165) is 53.0 Å². The molecule has 7 heteroatoms. The highest BCUT2D eigenvalue weighted by Gasteiger charge is 2.23. The molecule has 0 bridgehead atoms. The molecule has 2 aromatic carbocycles. The Labute approximate surface area is 207 Å².